The van der Waals surface area contributed by atoms with Gasteiger partial charge in [0, 0.05) is 12.7 Å². The van der Waals surface area contributed by atoms with E-state index in [9.17, 15) is 19.5 Å². The Labute approximate surface area is 200 Å². The molecule has 2 atom stereocenters. The summed E-state index contributed by atoms with van der Waals surface area (Å²) >= 11 is 5.92. The number of nitrogens with one attached hydrogen (secondary N) is 1. The molecule has 4 N–H and O–H groups in total. The zero-order valence-corrected chi connectivity index (χ0v) is 18.9. The Balaban J connectivity index is 1.56. The van der Waals surface area contributed by atoms with Crippen molar-refractivity contribution in [2.24, 2.45) is 5.73 Å². The SMILES string of the molecule is C#CCn1cc(C(=O)NCCCOC(=O)[C@@H](O)[C@@H](N)c2ccccc2)c(=O)c2ccc(Cl)nc21. The van der Waals surface area contributed by atoms with Gasteiger partial charge in [-0.3, -0.25) is 9.59 Å². The topological polar surface area (TPSA) is 137 Å². The average molecular weight is 483 g/mol. The lowest BCUT2D eigenvalue weighted by atomic mass is 10.0. The summed E-state index contributed by atoms with van der Waals surface area (Å²) in [6.07, 6.45) is 5.46. The number of terminal acetylenes is 1. The van der Waals surface area contributed by atoms with Crippen LogP contribution in [0.5, 0.6) is 0 Å². The van der Waals surface area contributed by atoms with Crippen LogP contribution in [0, 0.1) is 12.3 Å². The van der Waals surface area contributed by atoms with E-state index in [4.69, 9.17) is 28.5 Å². The number of aromatic nitrogens is 2. The molecule has 34 heavy (non-hydrogen) atoms. The summed E-state index contributed by atoms with van der Waals surface area (Å²) in [4.78, 5) is 41.5. The van der Waals surface area contributed by atoms with Gasteiger partial charge < -0.3 is 25.5 Å². The number of rotatable bonds is 9. The fourth-order valence-electron chi connectivity index (χ4n) is 3.25. The van der Waals surface area contributed by atoms with Crippen LogP contribution in [0.4, 0.5) is 0 Å². The summed E-state index contributed by atoms with van der Waals surface area (Å²) in [5, 5.41) is 13.1. The molecule has 0 bridgehead atoms. The number of carbonyl (C=O) groups is 2. The van der Waals surface area contributed by atoms with E-state index < -0.39 is 29.5 Å². The molecule has 0 radical (unpaired) electrons. The molecule has 2 aromatic heterocycles. The maximum Gasteiger partial charge on any atom is 0.336 e. The number of hydrogen-bond donors (Lipinski definition) is 3. The minimum atomic E-state index is -1.52. The van der Waals surface area contributed by atoms with Gasteiger partial charge in [0.05, 0.1) is 24.6 Å². The highest BCUT2D eigenvalue weighted by Crippen LogP contribution is 2.15. The predicted octanol–water partition coefficient (Wildman–Crippen LogP) is 1.41. The first-order chi connectivity index (χ1) is 16.3. The molecule has 1 aromatic carbocycles. The average Bonchev–Trinajstić information content (AvgIpc) is 2.84. The van der Waals surface area contributed by atoms with Gasteiger partial charge in [-0.2, -0.15) is 0 Å². The molecule has 0 saturated carbocycles. The zero-order chi connectivity index (χ0) is 24.7. The third kappa shape index (κ3) is 5.80. The Morgan fingerprint density at radius 3 is 2.71 bits per heavy atom. The number of nitrogens with zero attached hydrogens (tertiary/aromatic N) is 2. The number of pyridine rings is 2. The van der Waals surface area contributed by atoms with Crippen molar-refractivity contribution in [1.29, 1.82) is 0 Å². The van der Waals surface area contributed by atoms with Gasteiger partial charge in [-0.15, -0.1) is 6.42 Å². The number of hydrogen-bond acceptors (Lipinski definition) is 7. The first-order valence-corrected chi connectivity index (χ1v) is 10.8. The monoisotopic (exact) mass is 482 g/mol. The van der Waals surface area contributed by atoms with Gasteiger partial charge >= 0.3 is 5.97 Å². The Kier molecular flexibility index (Phi) is 8.38. The lowest BCUT2D eigenvalue weighted by Gasteiger charge is -2.18. The standard InChI is InChI=1S/C24H23ClN4O5/c1-2-12-29-14-17(20(30)16-9-10-18(25)28-22(16)29)23(32)27-11-6-13-34-24(33)21(31)19(26)15-7-4-3-5-8-15/h1,3-5,7-10,14,19,21,31H,6,11-13,26H2,(H,27,32)/t19-,21-/m0/s1. The molecular formula is C24H23ClN4O5. The Morgan fingerprint density at radius 1 is 1.26 bits per heavy atom. The van der Waals surface area contributed by atoms with Crippen LogP contribution in [0.3, 0.4) is 0 Å². The van der Waals surface area contributed by atoms with Gasteiger partial charge in [-0.25, -0.2) is 9.78 Å². The van der Waals surface area contributed by atoms with Crippen molar-refractivity contribution in [2.75, 3.05) is 13.2 Å². The van der Waals surface area contributed by atoms with Crippen molar-refractivity contribution in [3.63, 3.8) is 0 Å². The maximum absolute atomic E-state index is 12.8. The summed E-state index contributed by atoms with van der Waals surface area (Å²) in [6, 6.07) is 10.7. The lowest BCUT2D eigenvalue weighted by Crippen LogP contribution is -2.35. The van der Waals surface area contributed by atoms with Crippen LogP contribution in [-0.2, 0) is 16.1 Å². The number of carbonyl (C=O) groups excluding carboxylic acids is 2. The normalized spacial score (nSPS) is 12.5. The van der Waals surface area contributed by atoms with Crippen molar-refractivity contribution in [3.8, 4) is 12.3 Å². The van der Waals surface area contributed by atoms with Crippen LogP contribution in [0.1, 0.15) is 28.4 Å². The summed E-state index contributed by atoms with van der Waals surface area (Å²) in [6.45, 7) is 0.158. The van der Waals surface area contributed by atoms with Crippen molar-refractivity contribution < 1.29 is 19.4 Å². The van der Waals surface area contributed by atoms with E-state index in [0.29, 0.717) is 5.56 Å². The van der Waals surface area contributed by atoms with Crippen molar-refractivity contribution in [3.05, 3.63) is 75.2 Å². The zero-order valence-electron chi connectivity index (χ0n) is 18.1. The summed E-state index contributed by atoms with van der Waals surface area (Å²) < 4.78 is 6.55. The Bertz CT molecular complexity index is 1290. The highest BCUT2D eigenvalue weighted by Gasteiger charge is 2.25. The molecule has 0 spiro atoms. The van der Waals surface area contributed by atoms with E-state index in [1.807, 2.05) is 0 Å². The summed E-state index contributed by atoms with van der Waals surface area (Å²) in [7, 11) is 0. The highest BCUT2D eigenvalue weighted by molar-refractivity contribution is 6.29. The number of nitrogens with two attached hydrogens (primary N) is 1. The van der Waals surface area contributed by atoms with Crippen LogP contribution in [-0.4, -0.2) is 45.8 Å². The maximum atomic E-state index is 12.8. The van der Waals surface area contributed by atoms with Crippen LogP contribution < -0.4 is 16.5 Å². The lowest BCUT2D eigenvalue weighted by molar-refractivity contribution is -0.154. The number of esters is 1. The summed E-state index contributed by atoms with van der Waals surface area (Å²) in [5.74, 6) is 0.980. The number of halogens is 1. The fraction of sp³-hybridized carbons (Fsp3) is 0.250. The van der Waals surface area contributed by atoms with Crippen LogP contribution >= 0.6 is 11.6 Å². The number of aliphatic hydroxyl groups excluding tert-OH is 1. The second-order valence-electron chi connectivity index (χ2n) is 7.37. The molecule has 176 valence electrons. The van der Waals surface area contributed by atoms with Crippen LogP contribution in [0.25, 0.3) is 11.0 Å². The second kappa shape index (κ2) is 11.4. The molecule has 0 aliphatic carbocycles. The predicted molar refractivity (Wildman–Crippen MR) is 127 cm³/mol. The van der Waals surface area contributed by atoms with Crippen molar-refractivity contribution in [2.45, 2.75) is 25.1 Å². The molecule has 2 heterocycles. The fourth-order valence-corrected chi connectivity index (χ4v) is 3.40. The number of amides is 1. The first-order valence-electron chi connectivity index (χ1n) is 10.4. The molecule has 0 saturated heterocycles. The van der Waals surface area contributed by atoms with E-state index in [2.05, 4.69) is 16.2 Å². The highest BCUT2D eigenvalue weighted by atomic mass is 35.5. The van der Waals surface area contributed by atoms with Crippen LogP contribution in [0.2, 0.25) is 5.15 Å². The van der Waals surface area contributed by atoms with Crippen molar-refractivity contribution in [1.82, 2.24) is 14.9 Å². The molecule has 3 aromatic rings. The quantitative estimate of drug-likeness (QED) is 0.181. The molecule has 3 rings (SSSR count). The number of fused-ring (bicyclic) bond motifs is 1. The van der Waals surface area contributed by atoms with Gasteiger partial charge in [0.25, 0.3) is 5.91 Å². The van der Waals surface area contributed by atoms with Gasteiger partial charge in [-0.1, -0.05) is 47.9 Å². The molecular weight excluding hydrogens is 460 g/mol. The second-order valence-corrected chi connectivity index (χ2v) is 7.75. The molecule has 0 unspecified atom stereocenters. The summed E-state index contributed by atoms with van der Waals surface area (Å²) in [5.41, 5.74) is 6.18. The number of benzene rings is 1. The van der Waals surface area contributed by atoms with E-state index in [1.54, 1.807) is 30.3 Å². The molecule has 9 nitrogen and oxygen atoms in total. The van der Waals surface area contributed by atoms with Crippen LogP contribution in [0.15, 0.2) is 53.5 Å². The van der Waals surface area contributed by atoms with E-state index in [1.165, 1.54) is 22.9 Å². The number of ether oxygens (including phenoxy) is 1. The first kappa shape index (κ1) is 24.9. The third-order valence-corrected chi connectivity index (χ3v) is 5.22. The molecule has 0 aliphatic rings. The smallest absolute Gasteiger partial charge is 0.336 e. The van der Waals surface area contributed by atoms with Gasteiger partial charge in [0.1, 0.15) is 16.4 Å². The largest absolute Gasteiger partial charge is 0.464 e. The van der Waals surface area contributed by atoms with E-state index in [0.717, 1.165) is 0 Å². The van der Waals surface area contributed by atoms with Crippen molar-refractivity contribution >= 4 is 34.5 Å². The van der Waals surface area contributed by atoms with Gasteiger partial charge in [0.15, 0.2) is 6.10 Å². The van der Waals surface area contributed by atoms with E-state index in [-0.39, 0.29) is 47.9 Å². The minimum absolute atomic E-state index is 0.0564. The van der Waals surface area contributed by atoms with Gasteiger partial charge in [-0.05, 0) is 24.1 Å². The Hall–Kier alpha value is -3.71. The van der Waals surface area contributed by atoms with Gasteiger partial charge in [0.2, 0.25) is 5.43 Å². The molecule has 0 fully saturated rings. The van der Waals surface area contributed by atoms with E-state index >= 15 is 0 Å². The minimum Gasteiger partial charge on any atom is -0.464 e. The third-order valence-electron chi connectivity index (χ3n) is 5.01. The Morgan fingerprint density at radius 2 is 2.00 bits per heavy atom. The molecule has 10 heteroatoms. The number of aliphatic hydroxyl groups is 1. The molecule has 0 aliphatic heterocycles. The molecule has 1 amide bonds.